The summed E-state index contributed by atoms with van der Waals surface area (Å²) in [5.41, 5.74) is 3.54. The predicted octanol–water partition coefficient (Wildman–Crippen LogP) is 7.55. The van der Waals surface area contributed by atoms with E-state index < -0.39 is 0 Å². The summed E-state index contributed by atoms with van der Waals surface area (Å²) in [5.74, 6) is 5.14. The minimum atomic E-state index is -0.199. The first-order valence-corrected chi connectivity index (χ1v) is 12.7. The first kappa shape index (κ1) is 21.7. The van der Waals surface area contributed by atoms with E-state index >= 15 is 0 Å². The summed E-state index contributed by atoms with van der Waals surface area (Å²) in [5, 5.41) is 10.3. The summed E-state index contributed by atoms with van der Waals surface area (Å²) < 4.78 is 0. The fourth-order valence-electron chi connectivity index (χ4n) is 8.69. The van der Waals surface area contributed by atoms with Crippen LogP contribution in [0.1, 0.15) is 98.8 Å². The number of hydrogen-bond acceptors (Lipinski definition) is 1. The van der Waals surface area contributed by atoms with Crippen LogP contribution in [0.3, 0.4) is 0 Å². The van der Waals surface area contributed by atoms with Gasteiger partial charge in [0.1, 0.15) is 0 Å². The predicted molar refractivity (Wildman–Crippen MR) is 124 cm³/mol. The van der Waals surface area contributed by atoms with Gasteiger partial charge in [0.15, 0.2) is 0 Å². The number of aliphatic hydroxyl groups excluding tert-OH is 1. The molecule has 3 saturated carbocycles. The van der Waals surface area contributed by atoms with Crippen LogP contribution >= 0.6 is 0 Å². The number of rotatable bonds is 5. The SMILES string of the molecule is C=C1C[C@H](O)CC2=CC[C@@H]3[C@H](CC[C@]4(C)[C@@H]([C@H](C)CCCC(C)C)CC[C@@H]34)[C@@]12C. The van der Waals surface area contributed by atoms with Crippen molar-refractivity contribution in [2.24, 2.45) is 46.3 Å². The van der Waals surface area contributed by atoms with Gasteiger partial charge in [0.25, 0.3) is 0 Å². The van der Waals surface area contributed by atoms with Crippen molar-refractivity contribution in [3.63, 3.8) is 0 Å². The second-order valence-electron chi connectivity index (χ2n) is 12.2. The van der Waals surface area contributed by atoms with Crippen molar-refractivity contribution < 1.29 is 5.11 Å². The molecule has 0 bridgehead atoms. The number of hydrogen-bond donors (Lipinski definition) is 1. The van der Waals surface area contributed by atoms with Gasteiger partial charge in [0, 0.05) is 5.41 Å². The van der Waals surface area contributed by atoms with Gasteiger partial charge < -0.3 is 5.11 Å². The molecule has 164 valence electrons. The van der Waals surface area contributed by atoms with Crippen molar-refractivity contribution in [2.45, 2.75) is 105 Å². The molecule has 1 N–H and O–H groups in total. The van der Waals surface area contributed by atoms with Crippen LogP contribution < -0.4 is 0 Å². The fraction of sp³-hybridized carbons (Fsp3) is 0.857. The Morgan fingerprint density at radius 1 is 1.07 bits per heavy atom. The molecular formula is C28H46O. The van der Waals surface area contributed by atoms with Crippen LogP contribution in [0.15, 0.2) is 23.8 Å². The fourth-order valence-corrected chi connectivity index (χ4v) is 8.69. The van der Waals surface area contributed by atoms with Crippen LogP contribution in [-0.4, -0.2) is 11.2 Å². The molecule has 0 radical (unpaired) electrons. The van der Waals surface area contributed by atoms with Crippen molar-refractivity contribution >= 4 is 0 Å². The lowest BCUT2D eigenvalue weighted by atomic mass is 9.46. The molecule has 0 amide bonds. The van der Waals surface area contributed by atoms with Crippen LogP contribution in [0.5, 0.6) is 0 Å². The Hall–Kier alpha value is -0.560. The topological polar surface area (TPSA) is 20.2 Å². The zero-order valence-corrected chi connectivity index (χ0v) is 19.8. The molecule has 3 fully saturated rings. The summed E-state index contributed by atoms with van der Waals surface area (Å²) in [6, 6.07) is 0. The smallest absolute Gasteiger partial charge is 0.0614 e. The molecule has 0 spiro atoms. The maximum Gasteiger partial charge on any atom is 0.0614 e. The molecule has 0 unspecified atom stereocenters. The molecular weight excluding hydrogens is 352 g/mol. The van der Waals surface area contributed by atoms with Gasteiger partial charge >= 0.3 is 0 Å². The van der Waals surface area contributed by atoms with Crippen molar-refractivity contribution in [1.29, 1.82) is 0 Å². The lowest BCUT2D eigenvalue weighted by Gasteiger charge is -2.59. The highest BCUT2D eigenvalue weighted by Crippen LogP contribution is 2.68. The number of fused-ring (bicyclic) bond motifs is 5. The standard InChI is InChI=1S/C28H46O/c1-18(2)8-7-9-19(3)24-12-13-25-23-11-10-21-17-22(29)16-20(4)28(21,6)26(23)14-15-27(24,25)5/h10,18-19,22-26,29H,4,7-9,11-17H2,1-3,5-6H3/t19-,22+,23+,24-,25+,26+,27-,28+/m1/s1. The van der Waals surface area contributed by atoms with E-state index in [-0.39, 0.29) is 11.5 Å². The first-order valence-electron chi connectivity index (χ1n) is 12.7. The second kappa shape index (κ2) is 7.85. The molecule has 1 heteroatoms. The van der Waals surface area contributed by atoms with E-state index in [9.17, 15) is 5.11 Å². The average Bonchev–Trinajstić information content (AvgIpc) is 3.00. The van der Waals surface area contributed by atoms with E-state index in [1.807, 2.05) is 0 Å². The first-order chi connectivity index (χ1) is 13.7. The van der Waals surface area contributed by atoms with Gasteiger partial charge in [-0.2, -0.15) is 0 Å². The maximum atomic E-state index is 10.3. The van der Waals surface area contributed by atoms with Crippen LogP contribution in [0.4, 0.5) is 0 Å². The largest absolute Gasteiger partial charge is 0.392 e. The van der Waals surface area contributed by atoms with Crippen molar-refractivity contribution in [3.05, 3.63) is 23.8 Å². The monoisotopic (exact) mass is 398 g/mol. The van der Waals surface area contributed by atoms with E-state index in [0.29, 0.717) is 5.41 Å². The lowest BCUT2D eigenvalue weighted by Crippen LogP contribution is -2.51. The molecule has 0 saturated heterocycles. The summed E-state index contributed by atoms with van der Waals surface area (Å²) in [6.45, 7) is 16.9. The number of aliphatic hydroxyl groups is 1. The second-order valence-corrected chi connectivity index (χ2v) is 12.2. The lowest BCUT2D eigenvalue weighted by molar-refractivity contribution is -0.0422. The average molecular weight is 399 g/mol. The van der Waals surface area contributed by atoms with Crippen molar-refractivity contribution in [3.8, 4) is 0 Å². The third kappa shape index (κ3) is 3.48. The molecule has 0 aliphatic heterocycles. The maximum absolute atomic E-state index is 10.3. The summed E-state index contributed by atoms with van der Waals surface area (Å²) >= 11 is 0. The van der Waals surface area contributed by atoms with Gasteiger partial charge in [-0.15, -0.1) is 0 Å². The molecule has 1 nitrogen and oxygen atoms in total. The van der Waals surface area contributed by atoms with E-state index in [0.717, 1.165) is 48.3 Å². The van der Waals surface area contributed by atoms with E-state index in [4.69, 9.17) is 0 Å². The molecule has 0 aromatic heterocycles. The van der Waals surface area contributed by atoms with Crippen LogP contribution in [0, 0.1) is 46.3 Å². The quantitative estimate of drug-likeness (QED) is 0.474. The molecule has 4 aliphatic carbocycles. The van der Waals surface area contributed by atoms with Gasteiger partial charge in [-0.3, -0.25) is 0 Å². The highest BCUT2D eigenvalue weighted by atomic mass is 16.3. The van der Waals surface area contributed by atoms with E-state index in [2.05, 4.69) is 47.3 Å². The molecule has 0 aromatic rings. The Bertz CT molecular complexity index is 659. The summed E-state index contributed by atoms with van der Waals surface area (Å²) in [4.78, 5) is 0. The Morgan fingerprint density at radius 3 is 2.55 bits per heavy atom. The summed E-state index contributed by atoms with van der Waals surface area (Å²) in [6.07, 6.45) is 15.2. The van der Waals surface area contributed by atoms with E-state index in [1.165, 1.54) is 62.5 Å². The molecule has 8 atom stereocenters. The normalized spacial score (nSPS) is 45.4. The van der Waals surface area contributed by atoms with Crippen LogP contribution in [-0.2, 0) is 0 Å². The van der Waals surface area contributed by atoms with Crippen molar-refractivity contribution in [1.82, 2.24) is 0 Å². The molecule has 0 aromatic carbocycles. The van der Waals surface area contributed by atoms with Crippen LogP contribution in [0.2, 0.25) is 0 Å². The third-order valence-electron chi connectivity index (χ3n) is 10.4. The van der Waals surface area contributed by atoms with Crippen LogP contribution in [0.25, 0.3) is 0 Å². The molecule has 4 aliphatic rings. The molecule has 4 rings (SSSR count). The van der Waals surface area contributed by atoms with Gasteiger partial charge in [0.2, 0.25) is 0 Å². The summed E-state index contributed by atoms with van der Waals surface area (Å²) in [7, 11) is 0. The zero-order chi connectivity index (χ0) is 21.0. The van der Waals surface area contributed by atoms with Crippen molar-refractivity contribution in [2.75, 3.05) is 0 Å². The minimum absolute atomic E-state index is 0.157. The van der Waals surface area contributed by atoms with Gasteiger partial charge in [0.05, 0.1) is 6.10 Å². The van der Waals surface area contributed by atoms with Gasteiger partial charge in [-0.25, -0.2) is 0 Å². The zero-order valence-electron chi connectivity index (χ0n) is 19.8. The third-order valence-corrected chi connectivity index (χ3v) is 10.4. The molecule has 0 heterocycles. The van der Waals surface area contributed by atoms with E-state index in [1.54, 1.807) is 0 Å². The Kier molecular flexibility index (Phi) is 5.86. The van der Waals surface area contributed by atoms with Gasteiger partial charge in [-0.1, -0.05) is 77.7 Å². The highest BCUT2D eigenvalue weighted by Gasteiger charge is 2.59. The number of allylic oxidation sites excluding steroid dienone is 1. The highest BCUT2D eigenvalue weighted by molar-refractivity contribution is 5.36. The Balaban J connectivity index is 1.52. The van der Waals surface area contributed by atoms with Gasteiger partial charge in [-0.05, 0) is 85.9 Å². The molecule has 29 heavy (non-hydrogen) atoms. The minimum Gasteiger partial charge on any atom is -0.392 e. The Labute approximate surface area is 180 Å². The Morgan fingerprint density at radius 2 is 1.83 bits per heavy atom.